The Kier molecular flexibility index (Phi) is 3.73. The minimum atomic E-state index is -0.959. The third-order valence-electron chi connectivity index (χ3n) is 2.03. The highest BCUT2D eigenvalue weighted by molar-refractivity contribution is 7.16. The van der Waals surface area contributed by atoms with Gasteiger partial charge in [-0.2, -0.15) is 4.98 Å². The Bertz CT molecular complexity index is 587. The highest BCUT2D eigenvalue weighted by Gasteiger charge is 2.17. The Hall–Kier alpha value is -1.73. The molecule has 0 bridgehead atoms. The summed E-state index contributed by atoms with van der Waals surface area (Å²) in [5, 5.41) is 8.82. The summed E-state index contributed by atoms with van der Waals surface area (Å²) in [6, 6.07) is 1.59. The quantitative estimate of drug-likeness (QED) is 0.923. The van der Waals surface area contributed by atoms with Crippen LogP contribution < -0.4 is 4.74 Å². The van der Waals surface area contributed by atoms with Crippen molar-refractivity contribution in [2.75, 3.05) is 7.11 Å². The summed E-state index contributed by atoms with van der Waals surface area (Å²) in [7, 11) is 1.48. The number of nitrogens with zero attached hydrogens (tertiary/aromatic N) is 3. The van der Waals surface area contributed by atoms with E-state index in [0.717, 1.165) is 11.3 Å². The molecule has 1 N–H and O–H groups in total. The first-order valence-electron chi connectivity index (χ1n) is 4.84. The first kappa shape index (κ1) is 12.7. The summed E-state index contributed by atoms with van der Waals surface area (Å²) in [5.74, 6) is -0.279. The normalized spacial score (nSPS) is 10.3. The fourth-order valence-electron chi connectivity index (χ4n) is 1.32. The number of hydrogen-bond acceptors (Lipinski definition) is 6. The molecule has 8 heteroatoms. The van der Waals surface area contributed by atoms with Crippen LogP contribution in [0.4, 0.5) is 0 Å². The molecule has 18 heavy (non-hydrogen) atoms. The monoisotopic (exact) mass is 285 g/mol. The number of aromatic nitrogens is 3. The fraction of sp³-hybridized carbons (Fsp3) is 0.200. The smallest absolute Gasteiger partial charge is 0.308 e. The zero-order valence-electron chi connectivity index (χ0n) is 9.25. The Balaban J connectivity index is 2.45. The van der Waals surface area contributed by atoms with Gasteiger partial charge in [0, 0.05) is 17.1 Å². The average Bonchev–Trinajstić information content (AvgIpc) is 2.69. The molecule has 94 valence electrons. The van der Waals surface area contributed by atoms with Crippen molar-refractivity contribution in [3.05, 3.63) is 21.6 Å². The van der Waals surface area contributed by atoms with Gasteiger partial charge in [0.15, 0.2) is 10.3 Å². The van der Waals surface area contributed by atoms with Crippen molar-refractivity contribution in [2.24, 2.45) is 0 Å². The van der Waals surface area contributed by atoms with Crippen LogP contribution in [0, 0.1) is 0 Å². The van der Waals surface area contributed by atoms with Crippen LogP contribution in [0.3, 0.4) is 0 Å². The van der Waals surface area contributed by atoms with Gasteiger partial charge >= 0.3 is 5.97 Å². The summed E-state index contributed by atoms with van der Waals surface area (Å²) in [5.41, 5.74) is 0.381. The number of hydrogen-bond donors (Lipinski definition) is 1. The lowest BCUT2D eigenvalue weighted by Crippen LogP contribution is -2.01. The summed E-state index contributed by atoms with van der Waals surface area (Å²) in [4.78, 5) is 23.5. The van der Waals surface area contributed by atoms with E-state index in [-0.39, 0.29) is 10.9 Å². The van der Waals surface area contributed by atoms with Gasteiger partial charge in [0.25, 0.3) is 0 Å². The first-order chi connectivity index (χ1) is 8.60. The molecule has 0 saturated carbocycles. The second kappa shape index (κ2) is 5.28. The van der Waals surface area contributed by atoms with Gasteiger partial charge in [-0.15, -0.1) is 11.3 Å². The molecule has 2 aromatic rings. The number of carbonyl (C=O) groups is 1. The van der Waals surface area contributed by atoms with E-state index >= 15 is 0 Å². The maximum atomic E-state index is 10.8. The van der Waals surface area contributed by atoms with Crippen molar-refractivity contribution in [3.63, 3.8) is 0 Å². The maximum Gasteiger partial charge on any atom is 0.308 e. The molecular weight excluding hydrogens is 278 g/mol. The second-order valence-electron chi connectivity index (χ2n) is 3.23. The van der Waals surface area contributed by atoms with Crippen LogP contribution >= 0.6 is 22.9 Å². The van der Waals surface area contributed by atoms with E-state index in [2.05, 4.69) is 15.0 Å². The highest BCUT2D eigenvalue weighted by atomic mass is 35.5. The molecule has 0 saturated heterocycles. The summed E-state index contributed by atoms with van der Waals surface area (Å²) < 4.78 is 5.24. The Labute approximate surface area is 111 Å². The molecular formula is C10H8ClN3O3S. The number of thiazole rings is 1. The number of aliphatic carboxylic acids is 1. The maximum absolute atomic E-state index is 10.8. The van der Waals surface area contributed by atoms with E-state index in [1.165, 1.54) is 13.3 Å². The van der Waals surface area contributed by atoms with Crippen LogP contribution in [0.1, 0.15) is 4.88 Å². The molecule has 2 aromatic heterocycles. The van der Waals surface area contributed by atoms with Crippen LogP contribution in [0.15, 0.2) is 12.3 Å². The van der Waals surface area contributed by atoms with Gasteiger partial charge in [-0.25, -0.2) is 9.97 Å². The zero-order valence-corrected chi connectivity index (χ0v) is 10.8. The zero-order chi connectivity index (χ0) is 13.1. The molecule has 0 aliphatic rings. The molecule has 0 radical (unpaired) electrons. The molecule has 0 spiro atoms. The molecule has 0 fully saturated rings. The molecule has 2 heterocycles. The molecule has 0 unspecified atom stereocenters. The Morgan fingerprint density at radius 3 is 3.00 bits per heavy atom. The predicted octanol–water partition coefficient (Wildman–Crippen LogP) is 1.89. The van der Waals surface area contributed by atoms with Crippen LogP contribution in [-0.4, -0.2) is 33.1 Å². The van der Waals surface area contributed by atoms with E-state index < -0.39 is 5.97 Å². The minimum Gasteiger partial charge on any atom is -0.481 e. The lowest BCUT2D eigenvalue weighted by molar-refractivity contribution is -0.136. The van der Waals surface area contributed by atoms with Gasteiger partial charge in [0.05, 0.1) is 13.5 Å². The first-order valence-corrected chi connectivity index (χ1v) is 6.04. The fourth-order valence-corrected chi connectivity index (χ4v) is 2.46. The third kappa shape index (κ3) is 2.74. The lowest BCUT2D eigenvalue weighted by atomic mass is 10.2. The van der Waals surface area contributed by atoms with E-state index in [4.69, 9.17) is 21.4 Å². The number of methoxy groups -OCH3 is 1. The van der Waals surface area contributed by atoms with Gasteiger partial charge in [-0.3, -0.25) is 4.79 Å². The molecule has 0 amide bonds. The number of ether oxygens (including phenoxy) is 1. The number of rotatable bonds is 4. The van der Waals surface area contributed by atoms with Crippen LogP contribution in [0.2, 0.25) is 4.47 Å². The van der Waals surface area contributed by atoms with Gasteiger partial charge in [0.2, 0.25) is 5.88 Å². The van der Waals surface area contributed by atoms with Crippen molar-refractivity contribution < 1.29 is 14.6 Å². The summed E-state index contributed by atoms with van der Waals surface area (Å²) in [6.45, 7) is 0. The van der Waals surface area contributed by atoms with E-state index in [9.17, 15) is 4.79 Å². The highest BCUT2D eigenvalue weighted by Crippen LogP contribution is 2.29. The number of carboxylic acid groups (broad SMARTS) is 1. The van der Waals surface area contributed by atoms with Crippen molar-refractivity contribution >= 4 is 28.9 Å². The third-order valence-corrected chi connectivity index (χ3v) is 3.19. The van der Waals surface area contributed by atoms with Crippen molar-refractivity contribution in [3.8, 4) is 17.4 Å². The molecule has 0 atom stereocenters. The SMILES string of the molecule is COc1ccnc(-c2nc(Cl)sc2CC(=O)O)n1. The Morgan fingerprint density at radius 1 is 1.56 bits per heavy atom. The van der Waals surface area contributed by atoms with Gasteiger partial charge < -0.3 is 9.84 Å². The average molecular weight is 286 g/mol. The lowest BCUT2D eigenvalue weighted by Gasteiger charge is -2.01. The van der Waals surface area contributed by atoms with E-state index in [1.807, 2.05) is 0 Å². The largest absolute Gasteiger partial charge is 0.481 e. The molecule has 2 rings (SSSR count). The van der Waals surface area contributed by atoms with Crippen LogP contribution in [-0.2, 0) is 11.2 Å². The summed E-state index contributed by atoms with van der Waals surface area (Å²) in [6.07, 6.45) is 1.35. The van der Waals surface area contributed by atoms with Gasteiger partial charge in [-0.1, -0.05) is 11.6 Å². The van der Waals surface area contributed by atoms with E-state index in [1.54, 1.807) is 6.07 Å². The number of carboxylic acids is 1. The van der Waals surface area contributed by atoms with Crippen LogP contribution in [0.5, 0.6) is 5.88 Å². The van der Waals surface area contributed by atoms with Gasteiger partial charge in [-0.05, 0) is 0 Å². The molecule has 6 nitrogen and oxygen atoms in total. The predicted molar refractivity (Wildman–Crippen MR) is 66.0 cm³/mol. The molecule has 0 aliphatic heterocycles. The van der Waals surface area contributed by atoms with Crippen molar-refractivity contribution in [2.45, 2.75) is 6.42 Å². The topological polar surface area (TPSA) is 85.2 Å². The molecule has 0 aliphatic carbocycles. The summed E-state index contributed by atoms with van der Waals surface area (Å²) >= 11 is 6.90. The standard InChI is InChI=1S/C10H8ClN3O3S/c1-17-6-2-3-12-9(13-6)8-5(4-7(15)16)18-10(11)14-8/h2-3H,4H2,1H3,(H,15,16). The van der Waals surface area contributed by atoms with Crippen LogP contribution in [0.25, 0.3) is 11.5 Å². The number of halogens is 1. The molecule has 0 aromatic carbocycles. The second-order valence-corrected chi connectivity index (χ2v) is 4.90. The van der Waals surface area contributed by atoms with Crippen molar-refractivity contribution in [1.82, 2.24) is 15.0 Å². The van der Waals surface area contributed by atoms with Gasteiger partial charge in [0.1, 0.15) is 5.69 Å². The Morgan fingerprint density at radius 2 is 2.33 bits per heavy atom. The van der Waals surface area contributed by atoms with E-state index in [0.29, 0.717) is 22.3 Å². The van der Waals surface area contributed by atoms with Crippen molar-refractivity contribution in [1.29, 1.82) is 0 Å². The minimum absolute atomic E-state index is 0.166.